The average molecular weight is 227 g/mol. The van der Waals surface area contributed by atoms with E-state index in [1.54, 1.807) is 11.8 Å². The van der Waals surface area contributed by atoms with E-state index in [0.717, 1.165) is 5.75 Å². The molecule has 1 N–H and O–H groups in total. The van der Waals surface area contributed by atoms with E-state index in [2.05, 4.69) is 5.32 Å². The summed E-state index contributed by atoms with van der Waals surface area (Å²) in [7, 11) is 0. The molecule has 0 bridgehead atoms. The SMILES string of the molecule is CSCCOCC(F)(F)CNC(C)C. The van der Waals surface area contributed by atoms with Crippen LogP contribution in [0.3, 0.4) is 0 Å². The molecule has 0 aromatic rings. The minimum Gasteiger partial charge on any atom is -0.374 e. The smallest absolute Gasteiger partial charge is 0.283 e. The van der Waals surface area contributed by atoms with E-state index in [9.17, 15) is 8.78 Å². The highest BCUT2D eigenvalue weighted by atomic mass is 32.2. The lowest BCUT2D eigenvalue weighted by Crippen LogP contribution is -2.39. The Morgan fingerprint density at radius 2 is 2.07 bits per heavy atom. The van der Waals surface area contributed by atoms with Crippen molar-refractivity contribution in [1.29, 1.82) is 0 Å². The molecule has 0 amide bonds. The Hall–Kier alpha value is 0.130. The zero-order chi connectivity index (χ0) is 11.0. The molecule has 0 saturated heterocycles. The van der Waals surface area contributed by atoms with Crippen molar-refractivity contribution in [2.75, 3.05) is 31.8 Å². The predicted octanol–water partition coefficient (Wildman–Crippen LogP) is 2.00. The fourth-order valence-corrected chi connectivity index (χ4v) is 1.05. The Labute approximate surface area is 88.8 Å². The molecule has 0 aliphatic rings. The van der Waals surface area contributed by atoms with Gasteiger partial charge in [0.25, 0.3) is 5.92 Å². The van der Waals surface area contributed by atoms with E-state index in [-0.39, 0.29) is 12.6 Å². The summed E-state index contributed by atoms with van der Waals surface area (Å²) >= 11 is 1.58. The molecule has 0 spiro atoms. The van der Waals surface area contributed by atoms with Crippen LogP contribution in [0.15, 0.2) is 0 Å². The molecule has 5 heteroatoms. The van der Waals surface area contributed by atoms with Crippen molar-refractivity contribution < 1.29 is 13.5 Å². The monoisotopic (exact) mass is 227 g/mol. The van der Waals surface area contributed by atoms with E-state index in [1.807, 2.05) is 20.1 Å². The van der Waals surface area contributed by atoms with Crippen molar-refractivity contribution in [3.8, 4) is 0 Å². The predicted molar refractivity (Wildman–Crippen MR) is 57.3 cm³/mol. The van der Waals surface area contributed by atoms with E-state index in [0.29, 0.717) is 6.61 Å². The van der Waals surface area contributed by atoms with Crippen molar-refractivity contribution >= 4 is 11.8 Å². The number of alkyl halides is 2. The molecule has 0 aliphatic carbocycles. The van der Waals surface area contributed by atoms with Crippen molar-refractivity contribution in [2.24, 2.45) is 0 Å². The summed E-state index contributed by atoms with van der Waals surface area (Å²) in [6.45, 7) is 3.25. The second-order valence-electron chi connectivity index (χ2n) is 3.44. The van der Waals surface area contributed by atoms with Crippen molar-refractivity contribution in [3.05, 3.63) is 0 Å². The maximum atomic E-state index is 13.0. The Kier molecular flexibility index (Phi) is 7.49. The van der Waals surface area contributed by atoms with Gasteiger partial charge >= 0.3 is 0 Å². The molecule has 0 aromatic carbocycles. The standard InChI is InChI=1S/C9H19F2NOS/c1-8(2)12-6-9(10,11)7-13-4-5-14-3/h8,12H,4-7H2,1-3H3. The topological polar surface area (TPSA) is 21.3 Å². The van der Waals surface area contributed by atoms with E-state index >= 15 is 0 Å². The molecular formula is C9H19F2NOS. The minimum absolute atomic E-state index is 0.0760. The van der Waals surface area contributed by atoms with Crippen LogP contribution >= 0.6 is 11.8 Å². The Morgan fingerprint density at radius 1 is 1.43 bits per heavy atom. The highest BCUT2D eigenvalue weighted by Gasteiger charge is 2.28. The largest absolute Gasteiger partial charge is 0.374 e. The van der Waals surface area contributed by atoms with Crippen LogP contribution in [0.5, 0.6) is 0 Å². The highest BCUT2D eigenvalue weighted by Crippen LogP contribution is 2.12. The van der Waals surface area contributed by atoms with Gasteiger partial charge in [-0.25, -0.2) is 8.78 Å². The van der Waals surface area contributed by atoms with Crippen LogP contribution in [0.25, 0.3) is 0 Å². The summed E-state index contributed by atoms with van der Waals surface area (Å²) in [5, 5.41) is 2.69. The van der Waals surface area contributed by atoms with Crippen LogP contribution in [0.4, 0.5) is 8.78 Å². The molecule has 0 heterocycles. The summed E-state index contributed by atoms with van der Waals surface area (Å²) in [6.07, 6.45) is 1.92. The lowest BCUT2D eigenvalue weighted by atomic mass is 10.3. The molecule has 2 nitrogen and oxygen atoms in total. The number of nitrogens with one attached hydrogen (secondary N) is 1. The Balaban J connectivity index is 3.50. The van der Waals surface area contributed by atoms with Crippen molar-refractivity contribution in [2.45, 2.75) is 25.8 Å². The van der Waals surface area contributed by atoms with Gasteiger partial charge in [-0.1, -0.05) is 13.8 Å². The first-order valence-electron chi connectivity index (χ1n) is 4.66. The number of hydrogen-bond acceptors (Lipinski definition) is 3. The third kappa shape index (κ3) is 8.72. The van der Waals surface area contributed by atoms with E-state index < -0.39 is 12.5 Å². The second kappa shape index (κ2) is 7.43. The zero-order valence-corrected chi connectivity index (χ0v) is 9.79. The lowest BCUT2D eigenvalue weighted by molar-refractivity contribution is -0.0725. The lowest BCUT2D eigenvalue weighted by Gasteiger charge is -2.18. The van der Waals surface area contributed by atoms with Gasteiger partial charge in [-0.2, -0.15) is 11.8 Å². The minimum atomic E-state index is -2.76. The fraction of sp³-hybridized carbons (Fsp3) is 1.00. The molecule has 0 atom stereocenters. The van der Waals surface area contributed by atoms with Crippen LogP contribution in [-0.2, 0) is 4.74 Å². The number of halogens is 2. The van der Waals surface area contributed by atoms with Gasteiger partial charge in [0.05, 0.1) is 13.2 Å². The Morgan fingerprint density at radius 3 is 2.57 bits per heavy atom. The molecule has 86 valence electrons. The number of hydrogen-bond donors (Lipinski definition) is 1. The summed E-state index contributed by atoms with van der Waals surface area (Å²) in [5.74, 6) is -2.00. The third-order valence-corrected chi connectivity index (χ3v) is 2.09. The van der Waals surface area contributed by atoms with Crippen molar-refractivity contribution in [3.63, 3.8) is 0 Å². The van der Waals surface area contributed by atoms with Gasteiger partial charge in [0.2, 0.25) is 0 Å². The van der Waals surface area contributed by atoms with Crippen molar-refractivity contribution in [1.82, 2.24) is 5.32 Å². The first-order valence-corrected chi connectivity index (χ1v) is 6.05. The van der Waals surface area contributed by atoms with Crippen LogP contribution in [0.2, 0.25) is 0 Å². The maximum absolute atomic E-state index is 13.0. The van der Waals surface area contributed by atoms with Gasteiger partial charge < -0.3 is 10.1 Å². The number of ether oxygens (including phenoxy) is 1. The molecule has 0 aromatic heterocycles. The second-order valence-corrected chi connectivity index (χ2v) is 4.42. The number of rotatable bonds is 8. The average Bonchev–Trinajstić information content (AvgIpc) is 2.10. The van der Waals surface area contributed by atoms with Crippen LogP contribution in [-0.4, -0.2) is 43.7 Å². The summed E-state index contributed by atoms with van der Waals surface area (Å²) in [5.41, 5.74) is 0. The van der Waals surface area contributed by atoms with Crippen LogP contribution < -0.4 is 5.32 Å². The molecule has 0 radical (unpaired) electrons. The normalized spacial score (nSPS) is 12.4. The van der Waals surface area contributed by atoms with Gasteiger partial charge in [0, 0.05) is 11.8 Å². The van der Waals surface area contributed by atoms with Gasteiger partial charge in [-0.15, -0.1) is 0 Å². The van der Waals surface area contributed by atoms with Gasteiger partial charge in [0.1, 0.15) is 6.61 Å². The van der Waals surface area contributed by atoms with Crippen LogP contribution in [0, 0.1) is 0 Å². The zero-order valence-electron chi connectivity index (χ0n) is 8.98. The van der Waals surface area contributed by atoms with Crippen LogP contribution in [0.1, 0.15) is 13.8 Å². The van der Waals surface area contributed by atoms with Gasteiger partial charge in [0.15, 0.2) is 0 Å². The van der Waals surface area contributed by atoms with Gasteiger partial charge in [-0.05, 0) is 6.26 Å². The van der Waals surface area contributed by atoms with Gasteiger partial charge in [-0.3, -0.25) is 0 Å². The number of thioether (sulfide) groups is 1. The summed E-state index contributed by atoms with van der Waals surface area (Å²) in [4.78, 5) is 0. The molecule has 0 aliphatic heterocycles. The first kappa shape index (κ1) is 14.1. The molecule has 0 rings (SSSR count). The summed E-state index contributed by atoms with van der Waals surface area (Å²) in [6, 6.07) is 0.0760. The quantitative estimate of drug-likeness (QED) is 0.641. The van der Waals surface area contributed by atoms with E-state index in [4.69, 9.17) is 4.74 Å². The molecular weight excluding hydrogens is 208 g/mol. The Bertz CT molecular complexity index is 145. The fourth-order valence-electron chi connectivity index (χ4n) is 0.768. The molecule has 0 unspecified atom stereocenters. The molecule has 0 saturated carbocycles. The third-order valence-electron chi connectivity index (χ3n) is 1.51. The highest BCUT2D eigenvalue weighted by molar-refractivity contribution is 7.98. The van der Waals surface area contributed by atoms with E-state index in [1.165, 1.54) is 0 Å². The molecule has 14 heavy (non-hydrogen) atoms. The maximum Gasteiger partial charge on any atom is 0.283 e. The first-order chi connectivity index (χ1) is 6.48. The summed E-state index contributed by atoms with van der Waals surface area (Å²) < 4.78 is 30.9. The molecule has 0 fully saturated rings.